The summed E-state index contributed by atoms with van der Waals surface area (Å²) >= 11 is 0. The van der Waals surface area contributed by atoms with Crippen molar-refractivity contribution in [3.63, 3.8) is 0 Å². The maximum atomic E-state index is 13.4. The van der Waals surface area contributed by atoms with Gasteiger partial charge in [0.2, 0.25) is 11.8 Å². The van der Waals surface area contributed by atoms with Crippen LogP contribution in [0.4, 0.5) is 4.39 Å². The second-order valence-electron chi connectivity index (χ2n) is 5.49. The number of halogens is 1. The molecule has 6 heteroatoms. The molecule has 0 heterocycles. The van der Waals surface area contributed by atoms with Gasteiger partial charge in [0.15, 0.2) is 0 Å². The number of hydrogen-bond acceptors (Lipinski definition) is 3. The smallest absolute Gasteiger partial charge is 0.239 e. The van der Waals surface area contributed by atoms with E-state index in [1.807, 2.05) is 0 Å². The SMILES string of the molecule is COc1ccc(CC(=O)NCC(=O)NCCc2ccccc2F)cc1. The van der Waals surface area contributed by atoms with Crippen LogP contribution >= 0.6 is 0 Å². The van der Waals surface area contributed by atoms with Crippen molar-refractivity contribution in [1.29, 1.82) is 0 Å². The van der Waals surface area contributed by atoms with Crippen molar-refractivity contribution < 1.29 is 18.7 Å². The lowest BCUT2D eigenvalue weighted by Crippen LogP contribution is -2.38. The van der Waals surface area contributed by atoms with Gasteiger partial charge in [-0.05, 0) is 35.7 Å². The van der Waals surface area contributed by atoms with E-state index in [0.717, 1.165) is 11.3 Å². The molecule has 2 amide bonds. The van der Waals surface area contributed by atoms with Crippen LogP contribution < -0.4 is 15.4 Å². The van der Waals surface area contributed by atoms with Gasteiger partial charge in [-0.2, -0.15) is 0 Å². The highest BCUT2D eigenvalue weighted by Crippen LogP contribution is 2.11. The predicted molar refractivity (Wildman–Crippen MR) is 92.8 cm³/mol. The summed E-state index contributed by atoms with van der Waals surface area (Å²) < 4.78 is 18.5. The van der Waals surface area contributed by atoms with Gasteiger partial charge in [-0.25, -0.2) is 4.39 Å². The predicted octanol–water partition coefficient (Wildman–Crippen LogP) is 1.85. The Labute approximate surface area is 146 Å². The monoisotopic (exact) mass is 344 g/mol. The number of amides is 2. The minimum absolute atomic E-state index is 0.105. The molecule has 0 aliphatic carbocycles. The third-order valence-corrected chi connectivity index (χ3v) is 3.64. The van der Waals surface area contributed by atoms with Crippen LogP contribution in [0.2, 0.25) is 0 Å². The maximum Gasteiger partial charge on any atom is 0.239 e. The van der Waals surface area contributed by atoms with Crippen molar-refractivity contribution in [1.82, 2.24) is 10.6 Å². The minimum Gasteiger partial charge on any atom is -0.497 e. The van der Waals surface area contributed by atoms with Crippen LogP contribution in [-0.4, -0.2) is 32.0 Å². The zero-order valence-electron chi connectivity index (χ0n) is 14.0. The number of carbonyl (C=O) groups excluding carboxylic acids is 2. The van der Waals surface area contributed by atoms with E-state index in [2.05, 4.69) is 10.6 Å². The standard InChI is InChI=1S/C19H21FN2O3/c1-25-16-8-6-14(7-9-16)12-18(23)22-13-19(24)21-11-10-15-4-2-3-5-17(15)20/h2-9H,10-13H2,1H3,(H,21,24)(H,22,23). The second kappa shape index (κ2) is 9.42. The van der Waals surface area contributed by atoms with E-state index >= 15 is 0 Å². The van der Waals surface area contributed by atoms with Crippen LogP contribution in [0.3, 0.4) is 0 Å². The molecular weight excluding hydrogens is 323 g/mol. The molecule has 0 aliphatic rings. The van der Waals surface area contributed by atoms with E-state index in [1.54, 1.807) is 49.6 Å². The van der Waals surface area contributed by atoms with Crippen LogP contribution in [-0.2, 0) is 22.4 Å². The van der Waals surface area contributed by atoms with Gasteiger partial charge >= 0.3 is 0 Å². The Hall–Kier alpha value is -2.89. The molecule has 132 valence electrons. The van der Waals surface area contributed by atoms with E-state index in [-0.39, 0.29) is 30.6 Å². The van der Waals surface area contributed by atoms with Gasteiger partial charge in [0, 0.05) is 6.54 Å². The van der Waals surface area contributed by atoms with Crippen LogP contribution in [0, 0.1) is 5.82 Å². The molecule has 0 radical (unpaired) electrons. The number of carbonyl (C=O) groups is 2. The summed E-state index contributed by atoms with van der Waals surface area (Å²) in [6, 6.07) is 13.6. The first-order valence-corrected chi connectivity index (χ1v) is 7.98. The average molecular weight is 344 g/mol. The summed E-state index contributed by atoms with van der Waals surface area (Å²) in [5, 5.41) is 5.22. The summed E-state index contributed by atoms with van der Waals surface area (Å²) in [7, 11) is 1.58. The molecule has 25 heavy (non-hydrogen) atoms. The van der Waals surface area contributed by atoms with Gasteiger partial charge in [0.05, 0.1) is 20.1 Å². The molecule has 0 fully saturated rings. The minimum atomic E-state index is -0.306. The van der Waals surface area contributed by atoms with Gasteiger partial charge < -0.3 is 15.4 Å². The molecule has 0 spiro atoms. The van der Waals surface area contributed by atoms with E-state index in [0.29, 0.717) is 18.5 Å². The number of hydrogen-bond donors (Lipinski definition) is 2. The number of methoxy groups -OCH3 is 1. The summed E-state index contributed by atoms with van der Waals surface area (Å²) in [5.74, 6) is -0.114. The van der Waals surface area contributed by atoms with Crippen LogP contribution in [0.15, 0.2) is 48.5 Å². The molecule has 0 saturated carbocycles. The van der Waals surface area contributed by atoms with Crippen LogP contribution in [0.5, 0.6) is 5.75 Å². The first-order valence-electron chi connectivity index (χ1n) is 7.98. The highest BCUT2D eigenvalue weighted by Gasteiger charge is 2.07. The van der Waals surface area contributed by atoms with Crippen molar-refractivity contribution in [2.24, 2.45) is 0 Å². The Morgan fingerprint density at radius 3 is 2.40 bits per heavy atom. The average Bonchev–Trinajstić information content (AvgIpc) is 2.62. The number of nitrogens with one attached hydrogen (secondary N) is 2. The molecule has 0 saturated heterocycles. The van der Waals surface area contributed by atoms with Gasteiger partial charge in [0.1, 0.15) is 11.6 Å². The van der Waals surface area contributed by atoms with Gasteiger partial charge in [-0.3, -0.25) is 9.59 Å². The molecule has 0 atom stereocenters. The number of benzene rings is 2. The normalized spacial score (nSPS) is 10.2. The molecule has 2 N–H and O–H groups in total. The molecular formula is C19H21FN2O3. The van der Waals surface area contributed by atoms with E-state index in [1.165, 1.54) is 6.07 Å². The Morgan fingerprint density at radius 1 is 1.00 bits per heavy atom. The molecule has 0 aromatic heterocycles. The Kier molecular flexibility index (Phi) is 6.95. The summed E-state index contributed by atoms with van der Waals surface area (Å²) in [4.78, 5) is 23.6. The fourth-order valence-corrected chi connectivity index (χ4v) is 2.27. The van der Waals surface area contributed by atoms with Crippen molar-refractivity contribution >= 4 is 11.8 Å². The fraction of sp³-hybridized carbons (Fsp3) is 0.263. The number of ether oxygens (including phenoxy) is 1. The Balaban J connectivity index is 1.66. The molecule has 2 aromatic rings. The molecule has 2 aromatic carbocycles. The first-order chi connectivity index (χ1) is 12.1. The quantitative estimate of drug-likeness (QED) is 0.768. The third-order valence-electron chi connectivity index (χ3n) is 3.64. The highest BCUT2D eigenvalue weighted by atomic mass is 19.1. The Morgan fingerprint density at radius 2 is 1.72 bits per heavy atom. The third kappa shape index (κ3) is 6.25. The van der Waals surface area contributed by atoms with Crippen LogP contribution in [0.1, 0.15) is 11.1 Å². The summed E-state index contributed by atoms with van der Waals surface area (Å²) in [5.41, 5.74) is 1.38. The van der Waals surface area contributed by atoms with E-state index in [9.17, 15) is 14.0 Å². The van der Waals surface area contributed by atoms with Crippen molar-refractivity contribution in [2.45, 2.75) is 12.8 Å². The van der Waals surface area contributed by atoms with Crippen molar-refractivity contribution in [3.8, 4) is 5.75 Å². The summed E-state index contributed by atoms with van der Waals surface area (Å²) in [6.07, 6.45) is 0.588. The molecule has 5 nitrogen and oxygen atoms in total. The summed E-state index contributed by atoms with van der Waals surface area (Å²) in [6.45, 7) is 0.209. The molecule has 2 rings (SSSR count). The fourth-order valence-electron chi connectivity index (χ4n) is 2.27. The lowest BCUT2D eigenvalue weighted by atomic mass is 10.1. The van der Waals surface area contributed by atoms with Gasteiger partial charge in [-0.1, -0.05) is 30.3 Å². The van der Waals surface area contributed by atoms with E-state index < -0.39 is 0 Å². The Bertz CT molecular complexity index is 717. The lowest BCUT2D eigenvalue weighted by Gasteiger charge is -2.08. The molecule has 0 bridgehead atoms. The zero-order valence-corrected chi connectivity index (χ0v) is 14.0. The van der Waals surface area contributed by atoms with Crippen molar-refractivity contribution in [3.05, 3.63) is 65.5 Å². The van der Waals surface area contributed by atoms with Crippen LogP contribution in [0.25, 0.3) is 0 Å². The molecule has 0 unspecified atom stereocenters. The number of rotatable bonds is 8. The topological polar surface area (TPSA) is 67.4 Å². The second-order valence-corrected chi connectivity index (χ2v) is 5.49. The first kappa shape index (κ1) is 18.4. The van der Waals surface area contributed by atoms with Gasteiger partial charge in [-0.15, -0.1) is 0 Å². The van der Waals surface area contributed by atoms with Crippen molar-refractivity contribution in [2.75, 3.05) is 20.2 Å². The van der Waals surface area contributed by atoms with Gasteiger partial charge in [0.25, 0.3) is 0 Å². The highest BCUT2D eigenvalue weighted by molar-refractivity contribution is 5.85. The largest absolute Gasteiger partial charge is 0.497 e. The maximum absolute atomic E-state index is 13.4. The van der Waals surface area contributed by atoms with E-state index in [4.69, 9.17) is 4.74 Å². The lowest BCUT2D eigenvalue weighted by molar-refractivity contribution is -0.125. The molecule has 0 aliphatic heterocycles. The zero-order chi connectivity index (χ0) is 18.1.